The number of phenolic OH excluding ortho intramolecular Hbond substituents is 1. The number of phenols is 1. The second kappa shape index (κ2) is 11.7. The van der Waals surface area contributed by atoms with Crippen molar-refractivity contribution in [3.8, 4) is 17.2 Å². The summed E-state index contributed by atoms with van der Waals surface area (Å²) in [6.45, 7) is 4.53. The van der Waals surface area contributed by atoms with Crippen LogP contribution in [0.4, 0.5) is 0 Å². The fourth-order valence-electron chi connectivity index (χ4n) is 3.80. The highest BCUT2D eigenvalue weighted by Crippen LogP contribution is 2.29. The minimum atomic E-state index is -0.702. The van der Waals surface area contributed by atoms with Gasteiger partial charge in [0.25, 0.3) is 0 Å². The summed E-state index contributed by atoms with van der Waals surface area (Å²) in [4.78, 5) is 2.12. The van der Waals surface area contributed by atoms with Crippen LogP contribution in [0.25, 0.3) is 6.08 Å². The molecule has 0 spiro atoms. The third kappa shape index (κ3) is 6.99. The smallest absolute Gasteiger partial charge is 0.161 e. The zero-order valence-corrected chi connectivity index (χ0v) is 18.4. The van der Waals surface area contributed by atoms with Crippen LogP contribution in [0.5, 0.6) is 17.2 Å². The maximum absolute atomic E-state index is 10.7. The van der Waals surface area contributed by atoms with Gasteiger partial charge in [-0.2, -0.15) is 0 Å². The monoisotopic (exact) mass is 427 g/mol. The van der Waals surface area contributed by atoms with Crippen molar-refractivity contribution in [2.75, 3.05) is 33.4 Å². The van der Waals surface area contributed by atoms with Gasteiger partial charge in [0.1, 0.15) is 18.5 Å². The number of hydrogen-bond acceptors (Lipinski definition) is 6. The summed E-state index contributed by atoms with van der Waals surface area (Å²) in [6.07, 6.45) is 5.48. The van der Waals surface area contributed by atoms with Crippen molar-refractivity contribution >= 4 is 6.08 Å². The quantitative estimate of drug-likeness (QED) is 0.568. The molecule has 0 unspecified atom stereocenters. The normalized spacial score (nSPS) is 17.4. The molecular weight excluding hydrogens is 394 g/mol. The number of benzene rings is 2. The molecule has 1 heterocycles. The highest BCUT2D eigenvalue weighted by Gasteiger charge is 2.22. The molecule has 0 amide bonds. The van der Waals surface area contributed by atoms with Gasteiger partial charge in [-0.15, -0.1) is 0 Å². The number of aliphatic hydroxyl groups excluding tert-OH is 1. The highest BCUT2D eigenvalue weighted by molar-refractivity contribution is 5.55. The third-order valence-corrected chi connectivity index (χ3v) is 5.32. The Morgan fingerprint density at radius 2 is 2.06 bits per heavy atom. The van der Waals surface area contributed by atoms with Crippen LogP contribution in [0, 0.1) is 0 Å². The minimum absolute atomic E-state index is 0.141. The maximum atomic E-state index is 10.7. The fourth-order valence-corrected chi connectivity index (χ4v) is 3.80. The van der Waals surface area contributed by atoms with Gasteiger partial charge in [-0.05, 0) is 43.5 Å². The van der Waals surface area contributed by atoms with E-state index in [1.165, 1.54) is 0 Å². The van der Waals surface area contributed by atoms with E-state index in [1.54, 1.807) is 19.2 Å². The first kappa shape index (κ1) is 23.1. The van der Waals surface area contributed by atoms with Crippen molar-refractivity contribution in [2.45, 2.75) is 38.5 Å². The Hall–Kier alpha value is -2.54. The molecule has 1 fully saturated rings. The zero-order valence-electron chi connectivity index (χ0n) is 18.4. The Morgan fingerprint density at radius 1 is 1.23 bits per heavy atom. The number of ether oxygens (including phenoxy) is 3. The first-order valence-corrected chi connectivity index (χ1v) is 10.8. The van der Waals surface area contributed by atoms with Crippen LogP contribution in [-0.2, 0) is 11.3 Å². The Balaban J connectivity index is 1.61. The molecule has 1 aliphatic heterocycles. The first-order valence-electron chi connectivity index (χ1n) is 10.8. The van der Waals surface area contributed by atoms with Gasteiger partial charge < -0.3 is 24.4 Å². The molecule has 0 aromatic heterocycles. The second-order valence-electron chi connectivity index (χ2n) is 7.83. The lowest BCUT2D eigenvalue weighted by Gasteiger charge is -2.28. The Bertz CT molecular complexity index is 848. The molecule has 2 aromatic carbocycles. The summed E-state index contributed by atoms with van der Waals surface area (Å²) in [5.74, 6) is 1.49. The van der Waals surface area contributed by atoms with Crippen molar-refractivity contribution in [1.82, 2.24) is 4.90 Å². The lowest BCUT2D eigenvalue weighted by Crippen LogP contribution is -2.39. The van der Waals surface area contributed by atoms with Crippen LogP contribution in [0.3, 0.4) is 0 Å². The van der Waals surface area contributed by atoms with Crippen molar-refractivity contribution < 1.29 is 24.4 Å². The molecule has 1 saturated heterocycles. The Kier molecular flexibility index (Phi) is 8.76. The standard InChI is InChI=1S/C25H33NO5/c1-3-7-19-11-12-24(25(14-19)29-2)31-18-21(27)16-26(17-22-9-6-13-30-22)15-20-8-4-5-10-23(20)28/h3-5,7-8,10-12,14,21-22,27-28H,6,9,13,15-18H2,1-2H3/b7-3+/t21-,22-/m0/s1. The molecule has 2 atom stereocenters. The molecule has 31 heavy (non-hydrogen) atoms. The number of aromatic hydroxyl groups is 1. The van der Waals surface area contributed by atoms with E-state index in [0.717, 1.165) is 30.6 Å². The molecule has 0 saturated carbocycles. The van der Waals surface area contributed by atoms with Crippen molar-refractivity contribution in [3.05, 3.63) is 59.7 Å². The summed E-state index contributed by atoms with van der Waals surface area (Å²) in [6, 6.07) is 13.0. The largest absolute Gasteiger partial charge is 0.508 e. The predicted octanol–water partition coefficient (Wildman–Crippen LogP) is 3.85. The molecule has 168 valence electrons. The van der Waals surface area contributed by atoms with Gasteiger partial charge in [0.15, 0.2) is 11.5 Å². The molecule has 6 nitrogen and oxygen atoms in total. The zero-order chi connectivity index (χ0) is 22.1. The van der Waals surface area contributed by atoms with E-state index in [0.29, 0.717) is 31.1 Å². The van der Waals surface area contributed by atoms with Gasteiger partial charge in [-0.1, -0.05) is 36.4 Å². The Labute approximate surface area is 184 Å². The summed E-state index contributed by atoms with van der Waals surface area (Å²) < 4.78 is 17.1. The second-order valence-corrected chi connectivity index (χ2v) is 7.83. The summed E-state index contributed by atoms with van der Waals surface area (Å²) >= 11 is 0. The molecule has 0 bridgehead atoms. The molecular formula is C25H33NO5. The number of allylic oxidation sites excluding steroid dienone is 1. The maximum Gasteiger partial charge on any atom is 0.161 e. The summed E-state index contributed by atoms with van der Waals surface area (Å²) in [5.41, 5.74) is 1.85. The van der Waals surface area contributed by atoms with Crippen LogP contribution in [0.2, 0.25) is 0 Å². The molecule has 6 heteroatoms. The van der Waals surface area contributed by atoms with E-state index in [2.05, 4.69) is 4.90 Å². The van der Waals surface area contributed by atoms with E-state index in [-0.39, 0.29) is 18.5 Å². The topological polar surface area (TPSA) is 71.4 Å². The number of aliphatic hydroxyl groups is 1. The molecule has 3 rings (SSSR count). The SMILES string of the molecule is C/C=C/c1ccc(OC[C@@H](O)CN(Cc2ccccc2O)C[C@@H]2CCCO2)c(OC)c1. The van der Waals surface area contributed by atoms with Gasteiger partial charge in [0.2, 0.25) is 0 Å². The fraction of sp³-hybridized carbons (Fsp3) is 0.440. The van der Waals surface area contributed by atoms with Crippen LogP contribution in [0.15, 0.2) is 48.5 Å². The Morgan fingerprint density at radius 3 is 2.77 bits per heavy atom. The molecule has 0 aliphatic carbocycles. The van der Waals surface area contributed by atoms with Crippen molar-refractivity contribution in [3.63, 3.8) is 0 Å². The minimum Gasteiger partial charge on any atom is -0.508 e. The van der Waals surface area contributed by atoms with Crippen LogP contribution in [0.1, 0.15) is 30.9 Å². The van der Waals surface area contributed by atoms with Gasteiger partial charge in [0.05, 0.1) is 13.2 Å². The van der Waals surface area contributed by atoms with Crippen LogP contribution < -0.4 is 9.47 Å². The highest BCUT2D eigenvalue weighted by atomic mass is 16.5. The number of rotatable bonds is 11. The number of hydrogen-bond donors (Lipinski definition) is 2. The van der Waals surface area contributed by atoms with Crippen LogP contribution >= 0.6 is 0 Å². The van der Waals surface area contributed by atoms with Crippen LogP contribution in [-0.4, -0.2) is 60.7 Å². The number of nitrogens with zero attached hydrogens (tertiary/aromatic N) is 1. The average Bonchev–Trinajstić information content (AvgIpc) is 3.27. The first-order chi connectivity index (χ1) is 15.1. The molecule has 2 N–H and O–H groups in total. The van der Waals surface area contributed by atoms with E-state index in [1.807, 2.05) is 49.4 Å². The summed E-state index contributed by atoms with van der Waals surface area (Å²) in [7, 11) is 1.60. The van der Waals surface area contributed by atoms with Crippen molar-refractivity contribution in [1.29, 1.82) is 0 Å². The molecule has 1 aliphatic rings. The lowest BCUT2D eigenvalue weighted by atomic mass is 10.1. The van der Waals surface area contributed by atoms with E-state index in [4.69, 9.17) is 14.2 Å². The lowest BCUT2D eigenvalue weighted by molar-refractivity contribution is 0.0307. The van der Waals surface area contributed by atoms with E-state index in [9.17, 15) is 10.2 Å². The summed E-state index contributed by atoms with van der Waals surface area (Å²) in [5, 5.41) is 20.8. The van der Waals surface area contributed by atoms with Gasteiger partial charge >= 0.3 is 0 Å². The number of methoxy groups -OCH3 is 1. The predicted molar refractivity (Wildman–Crippen MR) is 122 cm³/mol. The van der Waals surface area contributed by atoms with Gasteiger partial charge in [0, 0.05) is 31.8 Å². The van der Waals surface area contributed by atoms with E-state index >= 15 is 0 Å². The average molecular weight is 428 g/mol. The van der Waals surface area contributed by atoms with Gasteiger partial charge in [-0.3, -0.25) is 4.90 Å². The number of para-hydroxylation sites is 1. The van der Waals surface area contributed by atoms with E-state index < -0.39 is 6.10 Å². The third-order valence-electron chi connectivity index (χ3n) is 5.32. The molecule has 2 aromatic rings. The van der Waals surface area contributed by atoms with Gasteiger partial charge in [-0.25, -0.2) is 0 Å². The molecule has 0 radical (unpaired) electrons. The van der Waals surface area contributed by atoms with Crippen molar-refractivity contribution in [2.24, 2.45) is 0 Å².